The van der Waals surface area contributed by atoms with Gasteiger partial charge in [-0.05, 0) is 60.2 Å². The summed E-state index contributed by atoms with van der Waals surface area (Å²) in [6.45, 7) is 2.40. The van der Waals surface area contributed by atoms with Crippen molar-refractivity contribution in [3.05, 3.63) is 65.7 Å². The van der Waals surface area contributed by atoms with Crippen molar-refractivity contribution in [2.24, 2.45) is 5.92 Å². The third kappa shape index (κ3) is 3.42. The number of benzene rings is 2. The normalized spacial score (nSPS) is 23.0. The summed E-state index contributed by atoms with van der Waals surface area (Å²) < 4.78 is 33.0. The van der Waals surface area contributed by atoms with E-state index in [1.165, 1.54) is 5.56 Å². The van der Waals surface area contributed by atoms with Gasteiger partial charge in [-0.3, -0.25) is 0 Å². The van der Waals surface area contributed by atoms with Gasteiger partial charge in [0.2, 0.25) is 10.0 Å². The van der Waals surface area contributed by atoms with Crippen molar-refractivity contribution in [2.75, 3.05) is 19.0 Å². The zero-order chi connectivity index (χ0) is 19.7. The highest BCUT2D eigenvalue weighted by molar-refractivity contribution is 7.89. The lowest BCUT2D eigenvalue weighted by Gasteiger charge is -2.37. The zero-order valence-electron chi connectivity index (χ0n) is 16.2. The maximum absolute atomic E-state index is 12.6. The van der Waals surface area contributed by atoms with Gasteiger partial charge < -0.3 is 10.1 Å². The molecule has 0 aromatic heterocycles. The first-order chi connectivity index (χ1) is 13.5. The SMILES string of the molecule is CCCNS(=O)(=O)c1ccc2c(c1)C1C=CCC1C(c1ccc(OC)cc1)N2. The minimum absolute atomic E-state index is 0.180. The molecule has 0 saturated heterocycles. The monoisotopic (exact) mass is 398 g/mol. The third-order valence-electron chi connectivity index (χ3n) is 5.66. The van der Waals surface area contributed by atoms with Crippen molar-refractivity contribution in [3.8, 4) is 5.75 Å². The first-order valence-electron chi connectivity index (χ1n) is 9.74. The predicted octanol–water partition coefficient (Wildman–Crippen LogP) is 4.21. The molecule has 0 fully saturated rings. The Morgan fingerprint density at radius 2 is 1.96 bits per heavy atom. The molecule has 0 bridgehead atoms. The van der Waals surface area contributed by atoms with Gasteiger partial charge in [0.1, 0.15) is 5.75 Å². The zero-order valence-corrected chi connectivity index (χ0v) is 17.0. The van der Waals surface area contributed by atoms with Gasteiger partial charge in [-0.1, -0.05) is 31.2 Å². The van der Waals surface area contributed by atoms with Crippen LogP contribution >= 0.6 is 0 Å². The summed E-state index contributed by atoms with van der Waals surface area (Å²) in [6, 6.07) is 13.8. The van der Waals surface area contributed by atoms with Crippen LogP contribution in [0, 0.1) is 5.92 Å². The molecule has 2 aromatic rings. The summed E-state index contributed by atoms with van der Waals surface area (Å²) in [6.07, 6.45) is 6.16. The third-order valence-corrected chi connectivity index (χ3v) is 7.12. The Balaban J connectivity index is 1.68. The second kappa shape index (κ2) is 7.60. The van der Waals surface area contributed by atoms with Crippen molar-refractivity contribution in [2.45, 2.75) is 36.6 Å². The fourth-order valence-corrected chi connectivity index (χ4v) is 5.37. The van der Waals surface area contributed by atoms with E-state index in [1.54, 1.807) is 13.2 Å². The number of nitrogens with one attached hydrogen (secondary N) is 2. The molecular weight excluding hydrogens is 372 g/mol. The first-order valence-corrected chi connectivity index (χ1v) is 11.2. The molecule has 2 N–H and O–H groups in total. The van der Waals surface area contributed by atoms with Crippen LogP contribution in [0.4, 0.5) is 5.69 Å². The number of ether oxygens (including phenoxy) is 1. The quantitative estimate of drug-likeness (QED) is 0.716. The molecule has 2 aliphatic rings. The number of allylic oxidation sites excluding steroid dienone is 2. The highest BCUT2D eigenvalue weighted by Gasteiger charge is 2.38. The number of hydrogen-bond acceptors (Lipinski definition) is 4. The van der Waals surface area contributed by atoms with Crippen LogP contribution in [0.2, 0.25) is 0 Å². The van der Waals surface area contributed by atoms with Crippen LogP contribution in [0.1, 0.15) is 42.9 Å². The standard InChI is InChI=1S/C22H26N2O3S/c1-3-13-23-28(25,26)17-11-12-21-20(14-17)18-5-4-6-19(18)22(24-21)15-7-9-16(27-2)10-8-15/h4-5,7-12,14,18-19,22-24H,3,6,13H2,1-2H3. The highest BCUT2D eigenvalue weighted by Crippen LogP contribution is 2.50. The molecule has 148 valence electrons. The molecule has 0 radical (unpaired) electrons. The topological polar surface area (TPSA) is 67.4 Å². The molecule has 0 amide bonds. The number of anilines is 1. The molecule has 0 spiro atoms. The highest BCUT2D eigenvalue weighted by atomic mass is 32.2. The van der Waals surface area contributed by atoms with Crippen molar-refractivity contribution in [3.63, 3.8) is 0 Å². The first kappa shape index (κ1) is 19.0. The van der Waals surface area contributed by atoms with E-state index in [9.17, 15) is 8.42 Å². The van der Waals surface area contributed by atoms with Gasteiger partial charge in [-0.25, -0.2) is 13.1 Å². The summed E-state index contributed by atoms with van der Waals surface area (Å²) in [5.41, 5.74) is 3.28. The second-order valence-corrected chi connectivity index (χ2v) is 9.16. The lowest BCUT2D eigenvalue weighted by atomic mass is 9.77. The van der Waals surface area contributed by atoms with E-state index >= 15 is 0 Å². The molecule has 0 saturated carbocycles. The van der Waals surface area contributed by atoms with Crippen LogP contribution in [-0.2, 0) is 10.0 Å². The number of fused-ring (bicyclic) bond motifs is 3. The molecule has 3 atom stereocenters. The molecule has 4 rings (SSSR count). The van der Waals surface area contributed by atoms with Gasteiger partial charge in [0, 0.05) is 18.2 Å². The molecule has 3 unspecified atom stereocenters. The molecule has 1 aliphatic heterocycles. The van der Waals surface area contributed by atoms with Crippen LogP contribution < -0.4 is 14.8 Å². The number of methoxy groups -OCH3 is 1. The lowest BCUT2D eigenvalue weighted by molar-refractivity contribution is 0.411. The van der Waals surface area contributed by atoms with Gasteiger partial charge in [0.25, 0.3) is 0 Å². The Morgan fingerprint density at radius 3 is 2.68 bits per heavy atom. The molecule has 28 heavy (non-hydrogen) atoms. The Bertz CT molecular complexity index is 983. The summed E-state index contributed by atoms with van der Waals surface area (Å²) >= 11 is 0. The van der Waals surface area contributed by atoms with Gasteiger partial charge in [0.15, 0.2) is 0 Å². The Morgan fingerprint density at radius 1 is 1.18 bits per heavy atom. The molecule has 6 heteroatoms. The van der Waals surface area contributed by atoms with E-state index in [0.29, 0.717) is 17.4 Å². The van der Waals surface area contributed by atoms with Gasteiger partial charge in [-0.2, -0.15) is 0 Å². The predicted molar refractivity (Wildman–Crippen MR) is 111 cm³/mol. The van der Waals surface area contributed by atoms with Gasteiger partial charge in [0.05, 0.1) is 18.0 Å². The summed E-state index contributed by atoms with van der Waals surface area (Å²) in [4.78, 5) is 0.337. The smallest absolute Gasteiger partial charge is 0.240 e. The van der Waals surface area contributed by atoms with E-state index in [2.05, 4.69) is 34.3 Å². The Kier molecular flexibility index (Phi) is 5.17. The Labute approximate surface area is 166 Å². The van der Waals surface area contributed by atoms with Crippen molar-refractivity contribution >= 4 is 15.7 Å². The van der Waals surface area contributed by atoms with Gasteiger partial charge >= 0.3 is 0 Å². The molecule has 1 heterocycles. The van der Waals surface area contributed by atoms with Crippen molar-refractivity contribution in [1.29, 1.82) is 0 Å². The van der Waals surface area contributed by atoms with Crippen molar-refractivity contribution < 1.29 is 13.2 Å². The minimum Gasteiger partial charge on any atom is -0.497 e. The summed E-state index contributed by atoms with van der Waals surface area (Å²) in [5.74, 6) is 1.42. The molecule has 5 nitrogen and oxygen atoms in total. The number of sulfonamides is 1. The van der Waals surface area contributed by atoms with E-state index in [4.69, 9.17) is 4.74 Å². The summed E-state index contributed by atoms with van der Waals surface area (Å²) in [7, 11) is -1.81. The number of rotatable bonds is 6. The van der Waals surface area contributed by atoms with Crippen molar-refractivity contribution in [1.82, 2.24) is 4.72 Å². The van der Waals surface area contributed by atoms with Crippen LogP contribution in [-0.4, -0.2) is 22.1 Å². The Hall–Kier alpha value is -2.31. The number of hydrogen-bond donors (Lipinski definition) is 2. The molecule has 1 aliphatic carbocycles. The van der Waals surface area contributed by atoms with E-state index in [-0.39, 0.29) is 12.0 Å². The van der Waals surface area contributed by atoms with Crippen LogP contribution in [0.5, 0.6) is 5.75 Å². The maximum atomic E-state index is 12.6. The fraction of sp³-hybridized carbons (Fsp3) is 0.364. The van der Waals surface area contributed by atoms with E-state index < -0.39 is 10.0 Å². The minimum atomic E-state index is -3.47. The van der Waals surface area contributed by atoms with Crippen LogP contribution in [0.25, 0.3) is 0 Å². The van der Waals surface area contributed by atoms with Gasteiger partial charge in [-0.15, -0.1) is 0 Å². The molecule has 2 aromatic carbocycles. The van der Waals surface area contributed by atoms with Crippen LogP contribution in [0.3, 0.4) is 0 Å². The average Bonchev–Trinajstić information content (AvgIpc) is 3.21. The maximum Gasteiger partial charge on any atom is 0.240 e. The van der Waals surface area contributed by atoms with E-state index in [1.807, 2.05) is 31.2 Å². The molecular formula is C22H26N2O3S. The second-order valence-electron chi connectivity index (χ2n) is 7.40. The summed E-state index contributed by atoms with van der Waals surface area (Å²) in [5, 5.41) is 3.65. The largest absolute Gasteiger partial charge is 0.497 e. The fourth-order valence-electron chi connectivity index (χ4n) is 4.20. The average molecular weight is 399 g/mol. The van der Waals surface area contributed by atoms with Crippen LogP contribution in [0.15, 0.2) is 59.5 Å². The lowest BCUT2D eigenvalue weighted by Crippen LogP contribution is -2.30. The van der Waals surface area contributed by atoms with E-state index in [0.717, 1.165) is 29.8 Å².